The lowest BCUT2D eigenvalue weighted by molar-refractivity contribution is -0.113. The van der Waals surface area contributed by atoms with Gasteiger partial charge in [-0.05, 0) is 35.7 Å². The van der Waals surface area contributed by atoms with Gasteiger partial charge in [0.1, 0.15) is 16.4 Å². The van der Waals surface area contributed by atoms with Crippen molar-refractivity contribution in [3.05, 3.63) is 66.7 Å². The molecule has 0 radical (unpaired) electrons. The van der Waals surface area contributed by atoms with Gasteiger partial charge in [0.2, 0.25) is 5.91 Å². The summed E-state index contributed by atoms with van der Waals surface area (Å²) in [7, 11) is 1.63. The first kappa shape index (κ1) is 19.3. The number of thioether (sulfide) groups is 1. The Morgan fingerprint density at radius 2 is 1.86 bits per heavy atom. The number of carbonyl (C=O) groups is 1. The summed E-state index contributed by atoms with van der Waals surface area (Å²) in [5.74, 6) is 0.964. The van der Waals surface area contributed by atoms with Crippen LogP contribution in [-0.4, -0.2) is 23.8 Å². The van der Waals surface area contributed by atoms with Gasteiger partial charge >= 0.3 is 0 Å². The number of hydrogen-bond donors (Lipinski definition) is 2. The Morgan fingerprint density at radius 3 is 2.66 bits per heavy atom. The lowest BCUT2D eigenvalue weighted by Gasteiger charge is -2.08. The molecule has 3 aromatic carbocycles. The average Bonchev–Trinajstić information content (AvgIpc) is 3.13. The van der Waals surface area contributed by atoms with E-state index in [1.165, 1.54) is 23.1 Å². The van der Waals surface area contributed by atoms with E-state index in [4.69, 9.17) is 10.5 Å². The number of hydrogen-bond acceptors (Lipinski definition) is 6. The largest absolute Gasteiger partial charge is 0.497 e. The van der Waals surface area contributed by atoms with E-state index < -0.39 is 0 Å². The van der Waals surface area contributed by atoms with Gasteiger partial charge in [-0.3, -0.25) is 4.79 Å². The van der Waals surface area contributed by atoms with Crippen molar-refractivity contribution >= 4 is 50.5 Å². The van der Waals surface area contributed by atoms with Gasteiger partial charge in [-0.25, -0.2) is 4.98 Å². The third kappa shape index (κ3) is 4.36. The summed E-state index contributed by atoms with van der Waals surface area (Å²) in [4.78, 5) is 17.1. The van der Waals surface area contributed by atoms with Crippen LogP contribution in [0.15, 0.2) is 71.1 Å². The molecule has 1 amide bonds. The Morgan fingerprint density at radius 1 is 1.10 bits per heavy atom. The van der Waals surface area contributed by atoms with Crippen LogP contribution in [0.3, 0.4) is 0 Å². The molecule has 29 heavy (non-hydrogen) atoms. The Bertz CT molecular complexity index is 1150. The van der Waals surface area contributed by atoms with Crippen LogP contribution in [-0.2, 0) is 4.79 Å². The highest BCUT2D eigenvalue weighted by atomic mass is 32.2. The minimum Gasteiger partial charge on any atom is -0.497 e. The number of methoxy groups -OCH3 is 1. The quantitative estimate of drug-likeness (QED) is 0.414. The van der Waals surface area contributed by atoms with E-state index in [0.29, 0.717) is 5.00 Å². The maximum atomic E-state index is 12.5. The molecule has 0 aliphatic rings. The van der Waals surface area contributed by atoms with Crippen LogP contribution >= 0.6 is 23.1 Å². The van der Waals surface area contributed by atoms with Gasteiger partial charge in [0.15, 0.2) is 4.34 Å². The molecule has 0 saturated heterocycles. The molecule has 1 aromatic heterocycles. The van der Waals surface area contributed by atoms with Crippen molar-refractivity contribution in [1.82, 2.24) is 4.98 Å². The van der Waals surface area contributed by atoms with Crippen LogP contribution in [0.5, 0.6) is 5.75 Å². The molecule has 1 heterocycles. The third-order valence-corrected chi connectivity index (χ3v) is 6.42. The second-order valence-electron chi connectivity index (χ2n) is 6.28. The molecule has 0 aliphatic carbocycles. The molecule has 146 valence electrons. The molecule has 0 fully saturated rings. The molecular weight excluding hydrogens is 402 g/mol. The van der Waals surface area contributed by atoms with Crippen molar-refractivity contribution in [2.24, 2.45) is 0 Å². The van der Waals surface area contributed by atoms with Gasteiger partial charge in [0, 0.05) is 16.6 Å². The van der Waals surface area contributed by atoms with Crippen molar-refractivity contribution < 1.29 is 9.53 Å². The van der Waals surface area contributed by atoms with Crippen molar-refractivity contribution in [1.29, 1.82) is 0 Å². The Labute approximate surface area is 176 Å². The minimum absolute atomic E-state index is 0.0777. The van der Waals surface area contributed by atoms with Crippen LogP contribution in [0.4, 0.5) is 10.7 Å². The number of aromatic nitrogens is 1. The van der Waals surface area contributed by atoms with Crippen LogP contribution in [0.25, 0.3) is 22.0 Å². The maximum Gasteiger partial charge on any atom is 0.234 e. The van der Waals surface area contributed by atoms with Crippen molar-refractivity contribution in [2.45, 2.75) is 4.34 Å². The van der Waals surface area contributed by atoms with E-state index in [1.54, 1.807) is 7.11 Å². The van der Waals surface area contributed by atoms with Gasteiger partial charge in [-0.15, -0.1) is 0 Å². The molecule has 0 spiro atoms. The van der Waals surface area contributed by atoms with Crippen LogP contribution in [0.2, 0.25) is 0 Å². The number of nitrogens with zero attached hydrogens (tertiary/aromatic N) is 1. The standard InChI is InChI=1S/C22H19N3O2S2/c1-27-16-11-9-15(10-12-16)20-21(23)29-22(25-20)28-13-19(26)24-18-8-4-6-14-5-2-3-7-17(14)18/h2-12H,13,23H2,1H3,(H,24,26). The third-order valence-electron chi connectivity index (χ3n) is 4.39. The van der Waals surface area contributed by atoms with Crippen molar-refractivity contribution in [3.63, 3.8) is 0 Å². The van der Waals surface area contributed by atoms with E-state index >= 15 is 0 Å². The summed E-state index contributed by atoms with van der Waals surface area (Å²) < 4.78 is 5.95. The zero-order valence-electron chi connectivity index (χ0n) is 15.7. The first-order chi connectivity index (χ1) is 14.1. The lowest BCUT2D eigenvalue weighted by atomic mass is 10.1. The van der Waals surface area contributed by atoms with Gasteiger partial charge in [-0.1, -0.05) is 59.5 Å². The van der Waals surface area contributed by atoms with E-state index in [0.717, 1.165) is 37.8 Å². The lowest BCUT2D eigenvalue weighted by Crippen LogP contribution is -2.14. The summed E-state index contributed by atoms with van der Waals surface area (Å²) in [6, 6.07) is 21.4. The second-order valence-corrected chi connectivity index (χ2v) is 8.54. The van der Waals surface area contributed by atoms with Crippen LogP contribution in [0.1, 0.15) is 0 Å². The number of nitrogens with two attached hydrogens (primary N) is 1. The summed E-state index contributed by atoms with van der Waals surface area (Å²) >= 11 is 2.77. The molecule has 5 nitrogen and oxygen atoms in total. The van der Waals surface area contributed by atoms with Crippen molar-refractivity contribution in [2.75, 3.05) is 23.9 Å². The highest BCUT2D eigenvalue weighted by Crippen LogP contribution is 2.36. The molecule has 0 bridgehead atoms. The molecule has 7 heteroatoms. The van der Waals surface area contributed by atoms with Gasteiger partial charge in [-0.2, -0.15) is 0 Å². The zero-order chi connectivity index (χ0) is 20.2. The van der Waals surface area contributed by atoms with E-state index in [-0.39, 0.29) is 11.7 Å². The number of ether oxygens (including phenoxy) is 1. The number of amides is 1. The topological polar surface area (TPSA) is 77.2 Å². The fraction of sp³-hybridized carbons (Fsp3) is 0.0909. The van der Waals surface area contributed by atoms with Crippen LogP contribution < -0.4 is 15.8 Å². The van der Waals surface area contributed by atoms with E-state index in [9.17, 15) is 4.79 Å². The van der Waals surface area contributed by atoms with Crippen LogP contribution in [0, 0.1) is 0 Å². The SMILES string of the molecule is COc1ccc(-c2nc(SCC(=O)Nc3cccc4ccccc34)sc2N)cc1. The van der Waals surface area contributed by atoms with Gasteiger partial charge < -0.3 is 15.8 Å². The molecule has 4 rings (SSSR count). The molecule has 3 N–H and O–H groups in total. The number of benzene rings is 3. The zero-order valence-corrected chi connectivity index (χ0v) is 17.3. The maximum absolute atomic E-state index is 12.5. The fourth-order valence-electron chi connectivity index (χ4n) is 2.98. The highest BCUT2D eigenvalue weighted by molar-refractivity contribution is 8.01. The van der Waals surface area contributed by atoms with E-state index in [1.807, 2.05) is 66.7 Å². The number of fused-ring (bicyclic) bond motifs is 1. The first-order valence-electron chi connectivity index (χ1n) is 8.95. The molecule has 0 saturated carbocycles. The molecule has 0 unspecified atom stereocenters. The predicted molar refractivity (Wildman–Crippen MR) is 122 cm³/mol. The first-order valence-corrected chi connectivity index (χ1v) is 10.8. The molecule has 0 aliphatic heterocycles. The smallest absolute Gasteiger partial charge is 0.234 e. The van der Waals surface area contributed by atoms with Gasteiger partial charge in [0.25, 0.3) is 0 Å². The summed E-state index contributed by atoms with van der Waals surface area (Å²) in [6.45, 7) is 0. The molecule has 0 atom stereocenters. The predicted octanol–water partition coefficient (Wildman–Crippen LogP) is 5.28. The van der Waals surface area contributed by atoms with Crippen molar-refractivity contribution in [3.8, 4) is 17.0 Å². The number of rotatable bonds is 6. The molecular formula is C22H19N3O2S2. The number of anilines is 2. The fourth-order valence-corrected chi connectivity index (χ4v) is 4.73. The second kappa shape index (κ2) is 8.55. The summed E-state index contributed by atoms with van der Waals surface area (Å²) in [6.07, 6.45) is 0. The monoisotopic (exact) mass is 421 g/mol. The normalized spacial score (nSPS) is 10.8. The number of nitrogen functional groups attached to an aromatic ring is 1. The number of nitrogens with one attached hydrogen (secondary N) is 1. The number of thiazole rings is 1. The Balaban J connectivity index is 1.43. The highest BCUT2D eigenvalue weighted by Gasteiger charge is 2.13. The summed E-state index contributed by atoms with van der Waals surface area (Å²) in [5.41, 5.74) is 8.61. The number of carbonyl (C=O) groups excluding carboxylic acids is 1. The Kier molecular flexibility index (Phi) is 5.69. The summed E-state index contributed by atoms with van der Waals surface area (Å²) in [5, 5.41) is 5.74. The van der Waals surface area contributed by atoms with E-state index in [2.05, 4.69) is 10.3 Å². The minimum atomic E-state index is -0.0777. The molecule has 4 aromatic rings. The van der Waals surface area contributed by atoms with Gasteiger partial charge in [0.05, 0.1) is 12.9 Å². The Hall–Kier alpha value is -3.03. The average molecular weight is 422 g/mol.